The highest BCUT2D eigenvalue weighted by Crippen LogP contribution is 2.20. The van der Waals surface area contributed by atoms with E-state index in [1.54, 1.807) is 6.07 Å². The first-order valence-corrected chi connectivity index (χ1v) is 4.53. The first-order valence-electron chi connectivity index (χ1n) is 4.53. The molecule has 0 saturated carbocycles. The summed E-state index contributed by atoms with van der Waals surface area (Å²) in [5, 5.41) is 8.86. The van der Waals surface area contributed by atoms with Crippen LogP contribution in [0.25, 0.3) is 0 Å². The van der Waals surface area contributed by atoms with Crippen LogP contribution in [0, 0.1) is 0 Å². The van der Waals surface area contributed by atoms with Crippen LogP contribution < -0.4 is 11.5 Å². The Labute approximate surface area is 84.5 Å². The van der Waals surface area contributed by atoms with Crippen LogP contribution in [0.4, 0.5) is 11.4 Å². The fraction of sp³-hybridized carbons (Fsp3) is 0.400. The van der Waals surface area contributed by atoms with Gasteiger partial charge in [-0.15, -0.1) is 0 Å². The zero-order valence-electron chi connectivity index (χ0n) is 8.66. The molecule has 0 aliphatic rings. The summed E-state index contributed by atoms with van der Waals surface area (Å²) >= 11 is 0. The van der Waals surface area contributed by atoms with Gasteiger partial charge in [0.1, 0.15) is 5.75 Å². The van der Waals surface area contributed by atoms with Crippen molar-refractivity contribution in [1.82, 2.24) is 0 Å². The fourth-order valence-electron chi connectivity index (χ4n) is 0.777. The maximum Gasteiger partial charge on any atom is 0.138 e. The first-order chi connectivity index (χ1) is 6.61. The highest BCUT2D eigenvalue weighted by molar-refractivity contribution is 5.59. The minimum absolute atomic E-state index is 0.0733. The topological polar surface area (TPSA) is 81.5 Å². The van der Waals surface area contributed by atoms with E-state index in [2.05, 4.69) is 0 Å². The Morgan fingerprint density at radius 2 is 1.79 bits per heavy atom. The number of phenolic OH excluding ortho intramolecular Hbond substituents is 1. The van der Waals surface area contributed by atoms with Crippen LogP contribution in [0.3, 0.4) is 0 Å². The van der Waals surface area contributed by atoms with Crippen molar-refractivity contribution in [3.8, 4) is 5.75 Å². The standard InChI is InChI=1S/C6H8N2O.C4H10O/c7-4-1-2-6(9)5(8)3-4;1-3-5-4-2/h1-3,9H,7-8H2;3-4H2,1-2H3. The van der Waals surface area contributed by atoms with Gasteiger partial charge in [-0.25, -0.2) is 0 Å². The molecule has 1 rings (SSSR count). The quantitative estimate of drug-likeness (QED) is 0.383. The number of hydrogen-bond donors (Lipinski definition) is 3. The van der Waals surface area contributed by atoms with Gasteiger partial charge in [-0.1, -0.05) is 0 Å². The van der Waals surface area contributed by atoms with Crippen LogP contribution in [-0.2, 0) is 4.74 Å². The summed E-state index contributed by atoms with van der Waals surface area (Å²) in [4.78, 5) is 0. The molecule has 0 unspecified atom stereocenters. The minimum Gasteiger partial charge on any atom is -0.506 e. The number of hydrogen-bond acceptors (Lipinski definition) is 4. The lowest BCUT2D eigenvalue weighted by Gasteiger charge is -1.97. The fourth-order valence-corrected chi connectivity index (χ4v) is 0.777. The van der Waals surface area contributed by atoms with E-state index in [1.165, 1.54) is 12.1 Å². The second-order valence-electron chi connectivity index (χ2n) is 2.60. The SMILES string of the molecule is CCOCC.Nc1ccc(O)c(N)c1. The number of ether oxygens (including phenoxy) is 1. The highest BCUT2D eigenvalue weighted by Gasteiger charge is 1.93. The highest BCUT2D eigenvalue weighted by atomic mass is 16.5. The number of rotatable bonds is 2. The Morgan fingerprint density at radius 3 is 2.07 bits per heavy atom. The molecule has 0 bridgehead atoms. The number of nitrogens with two attached hydrogens (primary N) is 2. The predicted octanol–water partition coefficient (Wildman–Crippen LogP) is 1.60. The number of aromatic hydroxyl groups is 1. The lowest BCUT2D eigenvalue weighted by Crippen LogP contribution is -1.88. The molecule has 5 N–H and O–H groups in total. The lowest BCUT2D eigenvalue weighted by molar-refractivity contribution is 0.162. The number of anilines is 2. The third kappa shape index (κ3) is 5.27. The van der Waals surface area contributed by atoms with Crippen LogP contribution in [0.15, 0.2) is 18.2 Å². The summed E-state index contributed by atoms with van der Waals surface area (Å²) in [6.07, 6.45) is 0. The van der Waals surface area contributed by atoms with Gasteiger partial charge in [0.25, 0.3) is 0 Å². The van der Waals surface area contributed by atoms with Gasteiger partial charge in [0, 0.05) is 18.9 Å². The second-order valence-corrected chi connectivity index (χ2v) is 2.60. The van der Waals surface area contributed by atoms with Crippen molar-refractivity contribution in [2.75, 3.05) is 24.7 Å². The number of benzene rings is 1. The van der Waals surface area contributed by atoms with Crippen LogP contribution in [0.2, 0.25) is 0 Å². The van der Waals surface area contributed by atoms with Crippen LogP contribution in [0.5, 0.6) is 5.75 Å². The smallest absolute Gasteiger partial charge is 0.138 e. The molecule has 0 heterocycles. The molecular weight excluding hydrogens is 180 g/mol. The molecule has 0 radical (unpaired) electrons. The van der Waals surface area contributed by atoms with E-state index in [-0.39, 0.29) is 5.75 Å². The van der Waals surface area contributed by atoms with E-state index < -0.39 is 0 Å². The van der Waals surface area contributed by atoms with Gasteiger partial charge in [-0.05, 0) is 32.0 Å². The molecule has 0 spiro atoms. The van der Waals surface area contributed by atoms with Gasteiger partial charge in [0.2, 0.25) is 0 Å². The van der Waals surface area contributed by atoms with E-state index in [1.807, 2.05) is 13.8 Å². The number of phenols is 1. The van der Waals surface area contributed by atoms with Crippen molar-refractivity contribution in [2.45, 2.75) is 13.8 Å². The van der Waals surface area contributed by atoms with Crippen molar-refractivity contribution in [3.05, 3.63) is 18.2 Å². The van der Waals surface area contributed by atoms with Crippen molar-refractivity contribution >= 4 is 11.4 Å². The zero-order valence-corrected chi connectivity index (χ0v) is 8.66. The van der Waals surface area contributed by atoms with Crippen LogP contribution >= 0.6 is 0 Å². The molecule has 0 saturated heterocycles. The van der Waals surface area contributed by atoms with Crippen molar-refractivity contribution < 1.29 is 9.84 Å². The van der Waals surface area contributed by atoms with Crippen molar-refractivity contribution in [1.29, 1.82) is 0 Å². The molecule has 4 nitrogen and oxygen atoms in total. The Morgan fingerprint density at radius 1 is 1.21 bits per heavy atom. The average Bonchev–Trinajstić information content (AvgIpc) is 2.14. The third-order valence-corrected chi connectivity index (χ3v) is 1.46. The van der Waals surface area contributed by atoms with Crippen LogP contribution in [0.1, 0.15) is 13.8 Å². The van der Waals surface area contributed by atoms with Gasteiger partial charge in [0.15, 0.2) is 0 Å². The molecule has 0 aliphatic carbocycles. The molecule has 0 amide bonds. The van der Waals surface area contributed by atoms with Gasteiger partial charge < -0.3 is 21.3 Å². The molecule has 0 aliphatic heterocycles. The molecule has 0 atom stereocenters. The summed E-state index contributed by atoms with van der Waals surface area (Å²) in [5.41, 5.74) is 11.5. The summed E-state index contributed by atoms with van der Waals surface area (Å²) in [6.45, 7) is 5.67. The molecule has 1 aromatic rings. The number of nitrogen functional groups attached to an aromatic ring is 2. The first kappa shape index (κ1) is 12.6. The molecule has 1 aromatic carbocycles. The van der Waals surface area contributed by atoms with E-state index in [4.69, 9.17) is 21.3 Å². The van der Waals surface area contributed by atoms with Gasteiger partial charge in [0.05, 0.1) is 5.69 Å². The summed E-state index contributed by atoms with van der Waals surface area (Å²) in [5.74, 6) is 0.0733. The molecule has 14 heavy (non-hydrogen) atoms. The van der Waals surface area contributed by atoms with Crippen molar-refractivity contribution in [2.24, 2.45) is 0 Å². The largest absolute Gasteiger partial charge is 0.506 e. The summed E-state index contributed by atoms with van der Waals surface area (Å²) in [6, 6.07) is 4.56. The Balaban J connectivity index is 0.000000292. The maximum atomic E-state index is 8.86. The monoisotopic (exact) mass is 198 g/mol. The predicted molar refractivity (Wildman–Crippen MR) is 59.1 cm³/mol. The maximum absolute atomic E-state index is 8.86. The Bertz CT molecular complexity index is 262. The summed E-state index contributed by atoms with van der Waals surface area (Å²) in [7, 11) is 0. The van der Waals surface area contributed by atoms with Crippen molar-refractivity contribution in [3.63, 3.8) is 0 Å². The molecule has 0 fully saturated rings. The molecule has 4 heteroatoms. The zero-order chi connectivity index (χ0) is 11.0. The van der Waals surface area contributed by atoms with E-state index in [9.17, 15) is 0 Å². The minimum atomic E-state index is 0.0733. The third-order valence-electron chi connectivity index (χ3n) is 1.46. The molecular formula is C10H18N2O2. The second kappa shape index (κ2) is 7.03. The van der Waals surface area contributed by atoms with E-state index in [0.717, 1.165) is 13.2 Å². The van der Waals surface area contributed by atoms with Crippen LogP contribution in [-0.4, -0.2) is 18.3 Å². The van der Waals surface area contributed by atoms with E-state index >= 15 is 0 Å². The summed E-state index contributed by atoms with van der Waals surface area (Å²) < 4.78 is 4.83. The van der Waals surface area contributed by atoms with Gasteiger partial charge >= 0.3 is 0 Å². The van der Waals surface area contributed by atoms with Gasteiger partial charge in [-0.2, -0.15) is 0 Å². The normalized spacial score (nSPS) is 9.00. The Kier molecular flexibility index (Phi) is 6.32. The Hall–Kier alpha value is -1.42. The lowest BCUT2D eigenvalue weighted by atomic mass is 10.3. The molecule has 0 aromatic heterocycles. The van der Waals surface area contributed by atoms with Gasteiger partial charge in [-0.3, -0.25) is 0 Å². The molecule has 80 valence electrons. The average molecular weight is 198 g/mol. The van der Waals surface area contributed by atoms with E-state index in [0.29, 0.717) is 11.4 Å².